The van der Waals surface area contributed by atoms with Crippen molar-refractivity contribution in [3.8, 4) is 11.5 Å². The topological polar surface area (TPSA) is 70.9 Å². The van der Waals surface area contributed by atoms with Crippen molar-refractivity contribution in [1.82, 2.24) is 5.43 Å². The van der Waals surface area contributed by atoms with Gasteiger partial charge in [-0.2, -0.15) is 5.10 Å². The summed E-state index contributed by atoms with van der Waals surface area (Å²) in [4.78, 5) is 12.1. The van der Waals surface area contributed by atoms with E-state index in [0.29, 0.717) is 29.2 Å². The summed E-state index contributed by atoms with van der Waals surface area (Å²) in [6.45, 7) is 6.13. The van der Waals surface area contributed by atoms with Crippen molar-refractivity contribution < 1.29 is 14.6 Å². The molecule has 0 aliphatic heterocycles. The normalized spacial score (nSPS) is 11.2. The maximum atomic E-state index is 12.1. The van der Waals surface area contributed by atoms with Gasteiger partial charge in [0.1, 0.15) is 11.5 Å². The lowest BCUT2D eigenvalue weighted by atomic mass is 10.1. The smallest absolute Gasteiger partial charge is 0.271 e. The molecule has 0 aliphatic rings. The van der Waals surface area contributed by atoms with Crippen molar-refractivity contribution >= 4 is 11.6 Å². The van der Waals surface area contributed by atoms with Gasteiger partial charge in [0.2, 0.25) is 0 Å². The number of carbonyl (C=O) groups is 1. The predicted octanol–water partition coefficient (Wildman–Crippen LogP) is 3.25. The number of rotatable bonds is 5. The van der Waals surface area contributed by atoms with Crippen molar-refractivity contribution in [2.24, 2.45) is 5.10 Å². The average molecular weight is 312 g/mol. The van der Waals surface area contributed by atoms with E-state index in [4.69, 9.17) is 4.74 Å². The Labute approximate surface area is 135 Å². The molecule has 2 aromatic rings. The molecule has 0 atom stereocenters. The largest absolute Gasteiger partial charge is 0.507 e. The Hall–Kier alpha value is -2.82. The number of hydrazone groups is 1. The summed E-state index contributed by atoms with van der Waals surface area (Å²) in [6.07, 6.45) is 0. The molecule has 0 bridgehead atoms. The molecule has 0 unspecified atom stereocenters. The van der Waals surface area contributed by atoms with Crippen LogP contribution in [-0.4, -0.2) is 23.3 Å². The molecule has 0 aromatic heterocycles. The second kappa shape index (κ2) is 7.45. The van der Waals surface area contributed by atoms with E-state index in [1.165, 1.54) is 0 Å². The number of ether oxygens (including phenoxy) is 1. The summed E-state index contributed by atoms with van der Waals surface area (Å²) >= 11 is 0. The van der Waals surface area contributed by atoms with Gasteiger partial charge < -0.3 is 9.84 Å². The number of carbonyl (C=O) groups excluding carboxylic acids is 1. The number of hydrogen-bond donors (Lipinski definition) is 2. The van der Waals surface area contributed by atoms with Crippen LogP contribution in [0.25, 0.3) is 0 Å². The third-order valence-corrected chi connectivity index (χ3v) is 3.29. The van der Waals surface area contributed by atoms with Crippen molar-refractivity contribution in [3.63, 3.8) is 0 Å². The molecule has 0 aliphatic carbocycles. The van der Waals surface area contributed by atoms with Gasteiger partial charge in [-0.05, 0) is 57.2 Å². The van der Waals surface area contributed by atoms with Gasteiger partial charge in [-0.1, -0.05) is 11.6 Å². The summed E-state index contributed by atoms with van der Waals surface area (Å²) in [7, 11) is 0. The highest BCUT2D eigenvalue weighted by molar-refractivity contribution is 6.02. The minimum absolute atomic E-state index is 0.132. The first-order valence-electron chi connectivity index (χ1n) is 7.38. The molecule has 2 rings (SSSR count). The molecular weight excluding hydrogens is 292 g/mol. The van der Waals surface area contributed by atoms with Crippen molar-refractivity contribution in [2.75, 3.05) is 6.61 Å². The first-order chi connectivity index (χ1) is 11.0. The van der Waals surface area contributed by atoms with Crippen LogP contribution in [0.5, 0.6) is 11.5 Å². The van der Waals surface area contributed by atoms with E-state index in [1.807, 2.05) is 26.0 Å². The molecule has 5 nitrogen and oxygen atoms in total. The van der Waals surface area contributed by atoms with Crippen molar-refractivity contribution in [3.05, 3.63) is 59.2 Å². The van der Waals surface area contributed by atoms with Crippen molar-refractivity contribution in [1.29, 1.82) is 0 Å². The number of aromatic hydroxyl groups is 1. The Morgan fingerprint density at radius 1 is 1.22 bits per heavy atom. The number of amides is 1. The zero-order valence-corrected chi connectivity index (χ0v) is 13.5. The number of aryl methyl sites for hydroxylation is 1. The van der Waals surface area contributed by atoms with Gasteiger partial charge >= 0.3 is 0 Å². The molecule has 23 heavy (non-hydrogen) atoms. The van der Waals surface area contributed by atoms with Gasteiger partial charge in [0.15, 0.2) is 0 Å². The second-order valence-corrected chi connectivity index (χ2v) is 5.12. The SMILES string of the molecule is CCOc1ccc(C(=O)N/N=C(\C)c2cc(C)ccc2O)cc1. The standard InChI is InChI=1S/C18H20N2O3/c1-4-23-15-8-6-14(7-9-15)18(22)20-19-13(3)16-11-12(2)5-10-17(16)21/h5-11,21H,4H2,1-3H3,(H,20,22)/b19-13+. The number of nitrogens with one attached hydrogen (secondary N) is 1. The molecule has 0 fully saturated rings. The first kappa shape index (κ1) is 16.5. The Morgan fingerprint density at radius 2 is 1.91 bits per heavy atom. The van der Waals surface area contributed by atoms with Crippen LogP contribution in [0.3, 0.4) is 0 Å². The van der Waals surface area contributed by atoms with E-state index in [9.17, 15) is 9.90 Å². The lowest BCUT2D eigenvalue weighted by Gasteiger charge is -2.07. The van der Waals surface area contributed by atoms with Crippen LogP contribution in [0.15, 0.2) is 47.6 Å². The van der Waals surface area contributed by atoms with E-state index < -0.39 is 0 Å². The molecule has 120 valence electrons. The summed E-state index contributed by atoms with van der Waals surface area (Å²) in [5, 5.41) is 13.9. The first-order valence-corrected chi connectivity index (χ1v) is 7.38. The van der Waals surface area contributed by atoms with Gasteiger partial charge in [-0.3, -0.25) is 4.79 Å². The molecule has 0 heterocycles. The lowest BCUT2D eigenvalue weighted by Crippen LogP contribution is -2.19. The van der Waals surface area contributed by atoms with Gasteiger partial charge in [0, 0.05) is 11.1 Å². The van der Waals surface area contributed by atoms with Crippen LogP contribution in [0.4, 0.5) is 0 Å². The molecule has 0 radical (unpaired) electrons. The van der Waals surface area contributed by atoms with E-state index in [1.54, 1.807) is 37.3 Å². The quantitative estimate of drug-likeness (QED) is 0.657. The van der Waals surface area contributed by atoms with Crippen LogP contribution in [0.2, 0.25) is 0 Å². The third-order valence-electron chi connectivity index (χ3n) is 3.29. The molecule has 1 amide bonds. The fraction of sp³-hybridized carbons (Fsp3) is 0.222. The second-order valence-electron chi connectivity index (χ2n) is 5.12. The number of phenols is 1. The van der Waals surface area contributed by atoms with Crippen LogP contribution in [-0.2, 0) is 0 Å². The highest BCUT2D eigenvalue weighted by Gasteiger charge is 2.08. The Bertz CT molecular complexity index is 722. The Balaban J connectivity index is 2.09. The number of hydrogen-bond acceptors (Lipinski definition) is 4. The molecule has 2 aromatic carbocycles. The molecule has 5 heteroatoms. The minimum Gasteiger partial charge on any atom is -0.507 e. The van der Waals surface area contributed by atoms with E-state index in [0.717, 1.165) is 5.56 Å². The molecule has 0 saturated heterocycles. The third kappa shape index (κ3) is 4.32. The van der Waals surface area contributed by atoms with Crippen LogP contribution in [0, 0.1) is 6.92 Å². The lowest BCUT2D eigenvalue weighted by molar-refractivity contribution is 0.0955. The van der Waals surface area contributed by atoms with Crippen LogP contribution >= 0.6 is 0 Å². The highest BCUT2D eigenvalue weighted by atomic mass is 16.5. The number of benzene rings is 2. The van der Waals surface area contributed by atoms with E-state index >= 15 is 0 Å². The summed E-state index contributed by atoms with van der Waals surface area (Å²) in [6, 6.07) is 12.1. The van der Waals surface area contributed by atoms with E-state index in [2.05, 4.69) is 10.5 Å². The fourth-order valence-electron chi connectivity index (χ4n) is 2.07. The molecule has 2 N–H and O–H groups in total. The Morgan fingerprint density at radius 3 is 2.57 bits per heavy atom. The maximum Gasteiger partial charge on any atom is 0.271 e. The fourth-order valence-corrected chi connectivity index (χ4v) is 2.07. The Kier molecular flexibility index (Phi) is 5.36. The monoisotopic (exact) mass is 312 g/mol. The van der Waals surface area contributed by atoms with Crippen LogP contribution in [0.1, 0.15) is 35.3 Å². The van der Waals surface area contributed by atoms with Gasteiger partial charge in [0.05, 0.1) is 12.3 Å². The zero-order valence-electron chi connectivity index (χ0n) is 13.5. The molecule has 0 spiro atoms. The number of nitrogens with zero attached hydrogens (tertiary/aromatic N) is 1. The summed E-state index contributed by atoms with van der Waals surface area (Å²) in [5.74, 6) is 0.528. The summed E-state index contributed by atoms with van der Waals surface area (Å²) in [5.41, 5.74) is 5.11. The molecule has 0 saturated carbocycles. The minimum atomic E-state index is -0.320. The zero-order chi connectivity index (χ0) is 16.8. The van der Waals surface area contributed by atoms with E-state index in [-0.39, 0.29) is 11.7 Å². The summed E-state index contributed by atoms with van der Waals surface area (Å²) < 4.78 is 5.33. The van der Waals surface area contributed by atoms with Crippen LogP contribution < -0.4 is 10.2 Å². The molecular formula is C18H20N2O3. The van der Waals surface area contributed by atoms with Gasteiger partial charge in [-0.25, -0.2) is 5.43 Å². The maximum absolute atomic E-state index is 12.1. The predicted molar refractivity (Wildman–Crippen MR) is 90.1 cm³/mol. The van der Waals surface area contributed by atoms with Gasteiger partial charge in [-0.15, -0.1) is 0 Å². The van der Waals surface area contributed by atoms with Gasteiger partial charge in [0.25, 0.3) is 5.91 Å². The highest BCUT2D eigenvalue weighted by Crippen LogP contribution is 2.19. The van der Waals surface area contributed by atoms with Crippen molar-refractivity contribution in [2.45, 2.75) is 20.8 Å². The average Bonchev–Trinajstić information content (AvgIpc) is 2.55. The number of phenolic OH excluding ortho intramolecular Hbond substituents is 1.